The number of aromatic nitrogens is 2. The van der Waals surface area contributed by atoms with E-state index in [1.807, 2.05) is 20.8 Å². The third-order valence-electron chi connectivity index (χ3n) is 4.25. The monoisotopic (exact) mass is 339 g/mol. The van der Waals surface area contributed by atoms with E-state index in [2.05, 4.69) is 10.4 Å². The van der Waals surface area contributed by atoms with Crippen molar-refractivity contribution in [2.75, 3.05) is 5.32 Å². The second-order valence-corrected chi connectivity index (χ2v) is 7.31. The quantitative estimate of drug-likeness (QED) is 0.870. The minimum atomic E-state index is -0.299. The lowest BCUT2D eigenvalue weighted by Crippen LogP contribution is -2.29. The number of hydrogen-bond donors (Lipinski definition) is 1. The van der Waals surface area contributed by atoms with E-state index in [-0.39, 0.29) is 29.2 Å². The zero-order valence-corrected chi connectivity index (χ0v) is 14.6. The number of carbonyl (C=O) groups is 2. The highest BCUT2D eigenvalue weighted by molar-refractivity contribution is 5.98. The molecule has 1 aromatic heterocycles. The molecule has 6 heteroatoms. The average Bonchev–Trinajstić information content (AvgIpc) is 2.55. The normalized spacial score (nSPS) is 14.0. The number of rotatable bonds is 3. The average molecular weight is 339 g/mol. The van der Waals surface area contributed by atoms with Crippen molar-refractivity contribution in [2.45, 2.75) is 45.6 Å². The highest BCUT2D eigenvalue weighted by atomic mass is 16.2. The van der Waals surface area contributed by atoms with Crippen molar-refractivity contribution in [2.24, 2.45) is 0 Å². The highest BCUT2D eigenvalue weighted by Gasteiger charge is 2.19. The van der Waals surface area contributed by atoms with Gasteiger partial charge in [0, 0.05) is 29.2 Å². The molecule has 3 rings (SSSR count). The molecular formula is C19H21N3O3. The van der Waals surface area contributed by atoms with Crippen molar-refractivity contribution in [3.8, 4) is 0 Å². The second kappa shape index (κ2) is 6.27. The topological polar surface area (TPSA) is 81.1 Å². The Morgan fingerprint density at radius 2 is 1.92 bits per heavy atom. The third-order valence-corrected chi connectivity index (χ3v) is 4.25. The molecule has 1 N–H and O–H groups in total. The number of benzene rings is 1. The maximum Gasteiger partial charge on any atom is 0.267 e. The zero-order valence-electron chi connectivity index (χ0n) is 14.6. The molecule has 0 atom stereocenters. The SMILES string of the molecule is CC(C)(C)c1ccc(=O)n(CC(=O)c2ccc3c(c2)CCC(=O)N3)n1. The van der Waals surface area contributed by atoms with Crippen molar-refractivity contribution >= 4 is 17.4 Å². The summed E-state index contributed by atoms with van der Waals surface area (Å²) >= 11 is 0. The van der Waals surface area contributed by atoms with E-state index in [1.54, 1.807) is 24.3 Å². The van der Waals surface area contributed by atoms with Crippen molar-refractivity contribution in [3.63, 3.8) is 0 Å². The number of carbonyl (C=O) groups excluding carboxylic acids is 2. The van der Waals surface area contributed by atoms with Crippen LogP contribution in [0.1, 0.15) is 48.8 Å². The Morgan fingerprint density at radius 3 is 2.64 bits per heavy atom. The molecule has 0 fully saturated rings. The van der Waals surface area contributed by atoms with Gasteiger partial charge in [0.1, 0.15) is 6.54 Å². The molecule has 0 spiro atoms. The van der Waals surface area contributed by atoms with Gasteiger partial charge in [0.2, 0.25) is 5.91 Å². The molecule has 2 heterocycles. The Hall–Kier alpha value is -2.76. The number of amides is 1. The van der Waals surface area contributed by atoms with Gasteiger partial charge in [-0.1, -0.05) is 20.8 Å². The zero-order chi connectivity index (χ0) is 18.2. The minimum Gasteiger partial charge on any atom is -0.326 e. The van der Waals surface area contributed by atoms with Crippen LogP contribution in [-0.2, 0) is 23.2 Å². The summed E-state index contributed by atoms with van der Waals surface area (Å²) in [5.41, 5.74) is 2.46. The Balaban J connectivity index is 1.86. The first kappa shape index (κ1) is 17.1. The summed E-state index contributed by atoms with van der Waals surface area (Å²) in [7, 11) is 0. The van der Waals surface area contributed by atoms with Gasteiger partial charge in [0.15, 0.2) is 5.78 Å². The number of nitrogens with one attached hydrogen (secondary N) is 1. The van der Waals surface area contributed by atoms with E-state index < -0.39 is 0 Å². The van der Waals surface area contributed by atoms with Gasteiger partial charge in [-0.2, -0.15) is 5.10 Å². The summed E-state index contributed by atoms with van der Waals surface area (Å²) < 4.78 is 1.21. The predicted molar refractivity (Wildman–Crippen MR) is 94.9 cm³/mol. The molecule has 0 bridgehead atoms. The van der Waals surface area contributed by atoms with Crippen LogP contribution in [-0.4, -0.2) is 21.5 Å². The van der Waals surface area contributed by atoms with Crippen LogP contribution < -0.4 is 10.9 Å². The van der Waals surface area contributed by atoms with Crippen LogP contribution in [0, 0.1) is 0 Å². The Morgan fingerprint density at radius 1 is 1.16 bits per heavy atom. The van der Waals surface area contributed by atoms with Crippen LogP contribution >= 0.6 is 0 Å². The Kier molecular flexibility index (Phi) is 4.29. The van der Waals surface area contributed by atoms with Gasteiger partial charge < -0.3 is 5.32 Å². The van der Waals surface area contributed by atoms with E-state index in [9.17, 15) is 14.4 Å². The van der Waals surface area contributed by atoms with Crippen LogP contribution in [0.3, 0.4) is 0 Å². The summed E-state index contributed by atoms with van der Waals surface area (Å²) in [5.74, 6) is -0.193. The standard InChI is InChI=1S/C19H21N3O3/c1-19(2,3)16-7-9-18(25)22(21-16)11-15(23)13-4-6-14-12(10-13)5-8-17(24)20-14/h4,6-7,9-10H,5,8,11H2,1-3H3,(H,20,24). The number of fused-ring (bicyclic) bond motifs is 1. The smallest absolute Gasteiger partial charge is 0.267 e. The fraction of sp³-hybridized carbons (Fsp3) is 0.368. The minimum absolute atomic E-state index is 0.0127. The van der Waals surface area contributed by atoms with Gasteiger partial charge in [-0.3, -0.25) is 14.4 Å². The lowest BCUT2D eigenvalue weighted by atomic mass is 9.92. The van der Waals surface area contributed by atoms with E-state index in [0.717, 1.165) is 16.9 Å². The fourth-order valence-electron chi connectivity index (χ4n) is 2.75. The predicted octanol–water partition coefficient (Wildman–Crippen LogP) is 2.31. The van der Waals surface area contributed by atoms with Gasteiger partial charge in [-0.25, -0.2) is 4.68 Å². The van der Waals surface area contributed by atoms with Crippen molar-refractivity contribution in [1.29, 1.82) is 0 Å². The summed E-state index contributed by atoms with van der Waals surface area (Å²) in [4.78, 5) is 36.0. The molecule has 1 aliphatic rings. The van der Waals surface area contributed by atoms with Gasteiger partial charge in [-0.15, -0.1) is 0 Å². The molecular weight excluding hydrogens is 318 g/mol. The number of hydrogen-bond acceptors (Lipinski definition) is 4. The van der Waals surface area contributed by atoms with Crippen LogP contribution in [0.5, 0.6) is 0 Å². The van der Waals surface area contributed by atoms with E-state index in [4.69, 9.17) is 0 Å². The summed E-state index contributed by atoms with van der Waals surface area (Å²) in [6, 6.07) is 8.34. The largest absolute Gasteiger partial charge is 0.326 e. The lowest BCUT2D eigenvalue weighted by Gasteiger charge is -2.19. The van der Waals surface area contributed by atoms with Gasteiger partial charge in [0.05, 0.1) is 5.69 Å². The summed E-state index contributed by atoms with van der Waals surface area (Å²) in [6.07, 6.45) is 1.03. The van der Waals surface area contributed by atoms with Gasteiger partial charge in [-0.05, 0) is 36.2 Å². The Labute approximate surface area is 145 Å². The maximum absolute atomic E-state index is 12.6. The third kappa shape index (κ3) is 3.68. The van der Waals surface area contributed by atoms with E-state index >= 15 is 0 Å². The molecule has 0 unspecified atom stereocenters. The number of ketones is 1. The summed E-state index contributed by atoms with van der Waals surface area (Å²) in [6.45, 7) is 5.91. The van der Waals surface area contributed by atoms with Gasteiger partial charge >= 0.3 is 0 Å². The Bertz CT molecular complexity index is 907. The van der Waals surface area contributed by atoms with E-state index in [0.29, 0.717) is 18.4 Å². The number of aryl methyl sites for hydroxylation is 1. The second-order valence-electron chi connectivity index (χ2n) is 7.31. The molecule has 0 saturated carbocycles. The molecule has 2 aromatic rings. The first-order chi connectivity index (χ1) is 11.7. The molecule has 0 saturated heterocycles. The van der Waals surface area contributed by atoms with Crippen molar-refractivity contribution in [3.05, 3.63) is 57.5 Å². The molecule has 1 aromatic carbocycles. The lowest BCUT2D eigenvalue weighted by molar-refractivity contribution is -0.116. The molecule has 25 heavy (non-hydrogen) atoms. The van der Waals surface area contributed by atoms with Gasteiger partial charge in [0.25, 0.3) is 5.56 Å². The summed E-state index contributed by atoms with van der Waals surface area (Å²) in [5, 5.41) is 7.12. The molecule has 0 aliphatic carbocycles. The first-order valence-electron chi connectivity index (χ1n) is 8.29. The highest BCUT2D eigenvalue weighted by Crippen LogP contribution is 2.24. The van der Waals surface area contributed by atoms with Crippen molar-refractivity contribution in [1.82, 2.24) is 9.78 Å². The molecule has 1 aliphatic heterocycles. The first-order valence-corrected chi connectivity index (χ1v) is 8.29. The maximum atomic E-state index is 12.6. The molecule has 0 radical (unpaired) electrons. The molecule has 130 valence electrons. The van der Waals surface area contributed by atoms with Crippen LogP contribution in [0.4, 0.5) is 5.69 Å². The molecule has 6 nitrogen and oxygen atoms in total. The molecule has 1 amide bonds. The van der Waals surface area contributed by atoms with E-state index in [1.165, 1.54) is 10.7 Å². The number of Topliss-reactive ketones (excluding diaryl/α,β-unsaturated/α-hetero) is 1. The van der Waals surface area contributed by atoms with Crippen LogP contribution in [0.25, 0.3) is 0 Å². The number of anilines is 1. The van der Waals surface area contributed by atoms with Crippen LogP contribution in [0.15, 0.2) is 35.1 Å². The van der Waals surface area contributed by atoms with Crippen molar-refractivity contribution < 1.29 is 9.59 Å². The van der Waals surface area contributed by atoms with Crippen LogP contribution in [0.2, 0.25) is 0 Å². The fourth-order valence-corrected chi connectivity index (χ4v) is 2.75. The number of nitrogens with zero attached hydrogens (tertiary/aromatic N) is 2.